The molecule has 1 unspecified atom stereocenters. The predicted molar refractivity (Wildman–Crippen MR) is 60.9 cm³/mol. The number of hydrogen-bond donors (Lipinski definition) is 2. The fraction of sp³-hybridized carbons (Fsp3) is 0.444. The molecule has 0 bridgehead atoms. The van der Waals surface area contributed by atoms with E-state index in [1.807, 2.05) is 0 Å². The summed E-state index contributed by atoms with van der Waals surface area (Å²) in [6, 6.07) is 3.16. The van der Waals surface area contributed by atoms with Gasteiger partial charge in [-0.2, -0.15) is 0 Å². The SMILES string of the molecule is CC(CCNS(=O)(=O)c1cccs1)C(=O)O. The summed E-state index contributed by atoms with van der Waals surface area (Å²) in [5.41, 5.74) is 0. The molecule has 0 spiro atoms. The Bertz CT molecular complexity index is 438. The Morgan fingerprint density at radius 1 is 1.62 bits per heavy atom. The lowest BCUT2D eigenvalue weighted by Crippen LogP contribution is -2.26. The number of carboxylic acid groups (broad SMARTS) is 1. The van der Waals surface area contributed by atoms with Gasteiger partial charge in [-0.05, 0) is 17.9 Å². The maximum Gasteiger partial charge on any atom is 0.306 e. The van der Waals surface area contributed by atoms with Gasteiger partial charge in [0, 0.05) is 6.54 Å². The second-order valence-electron chi connectivity index (χ2n) is 3.36. The highest BCUT2D eigenvalue weighted by Crippen LogP contribution is 2.15. The van der Waals surface area contributed by atoms with Gasteiger partial charge in [0.05, 0.1) is 5.92 Å². The molecule has 1 atom stereocenters. The Hall–Kier alpha value is -0.920. The number of thiophene rings is 1. The molecule has 2 N–H and O–H groups in total. The first-order valence-corrected chi connectivity index (χ1v) is 7.06. The van der Waals surface area contributed by atoms with E-state index in [-0.39, 0.29) is 17.2 Å². The number of nitrogens with one attached hydrogen (secondary N) is 1. The van der Waals surface area contributed by atoms with Gasteiger partial charge in [0.15, 0.2) is 0 Å². The van der Waals surface area contributed by atoms with E-state index in [0.29, 0.717) is 0 Å². The lowest BCUT2D eigenvalue weighted by atomic mass is 10.1. The van der Waals surface area contributed by atoms with Crippen LogP contribution in [0.5, 0.6) is 0 Å². The van der Waals surface area contributed by atoms with Crippen LogP contribution in [0.15, 0.2) is 21.7 Å². The number of hydrogen-bond acceptors (Lipinski definition) is 4. The lowest BCUT2D eigenvalue weighted by Gasteiger charge is -2.07. The van der Waals surface area contributed by atoms with Crippen molar-refractivity contribution in [2.75, 3.05) is 6.54 Å². The van der Waals surface area contributed by atoms with Crippen LogP contribution in [-0.4, -0.2) is 26.0 Å². The van der Waals surface area contributed by atoms with Crippen LogP contribution in [0.25, 0.3) is 0 Å². The Kier molecular flexibility index (Phi) is 4.45. The highest BCUT2D eigenvalue weighted by Gasteiger charge is 2.16. The summed E-state index contributed by atoms with van der Waals surface area (Å²) in [7, 11) is -3.46. The van der Waals surface area contributed by atoms with E-state index in [1.165, 1.54) is 6.07 Å². The minimum Gasteiger partial charge on any atom is -0.481 e. The van der Waals surface area contributed by atoms with Crippen LogP contribution in [0, 0.1) is 5.92 Å². The van der Waals surface area contributed by atoms with Crippen molar-refractivity contribution in [3.8, 4) is 0 Å². The van der Waals surface area contributed by atoms with Crippen molar-refractivity contribution in [1.29, 1.82) is 0 Å². The number of carboxylic acids is 1. The first-order valence-electron chi connectivity index (χ1n) is 4.69. The van der Waals surface area contributed by atoms with Gasteiger partial charge in [-0.1, -0.05) is 13.0 Å². The van der Waals surface area contributed by atoms with Crippen LogP contribution in [0.2, 0.25) is 0 Å². The maximum absolute atomic E-state index is 11.6. The van der Waals surface area contributed by atoms with Gasteiger partial charge >= 0.3 is 5.97 Å². The second-order valence-corrected chi connectivity index (χ2v) is 6.30. The van der Waals surface area contributed by atoms with Gasteiger partial charge in [-0.25, -0.2) is 13.1 Å². The molecule has 0 amide bonds. The van der Waals surface area contributed by atoms with Gasteiger partial charge < -0.3 is 5.11 Å². The second kappa shape index (κ2) is 5.42. The molecule has 1 aromatic heterocycles. The van der Waals surface area contributed by atoms with Crippen molar-refractivity contribution in [1.82, 2.24) is 4.72 Å². The van der Waals surface area contributed by atoms with Crippen molar-refractivity contribution < 1.29 is 18.3 Å². The quantitative estimate of drug-likeness (QED) is 0.806. The zero-order valence-electron chi connectivity index (χ0n) is 8.71. The summed E-state index contributed by atoms with van der Waals surface area (Å²) in [5.74, 6) is -1.47. The first-order chi connectivity index (χ1) is 7.43. The number of sulfonamides is 1. The van der Waals surface area contributed by atoms with Gasteiger partial charge in [0.2, 0.25) is 10.0 Å². The fourth-order valence-electron chi connectivity index (χ4n) is 1.02. The minimum absolute atomic E-state index is 0.133. The lowest BCUT2D eigenvalue weighted by molar-refractivity contribution is -0.141. The van der Waals surface area contributed by atoms with Crippen molar-refractivity contribution in [2.45, 2.75) is 17.6 Å². The summed E-state index contributed by atoms with van der Waals surface area (Å²) in [6.45, 7) is 1.68. The van der Waals surface area contributed by atoms with Crippen LogP contribution in [0.3, 0.4) is 0 Å². The third kappa shape index (κ3) is 3.58. The molecule has 0 fully saturated rings. The van der Waals surface area contributed by atoms with Crippen molar-refractivity contribution in [2.24, 2.45) is 5.92 Å². The average molecular weight is 263 g/mol. The predicted octanol–water partition coefficient (Wildman–Crippen LogP) is 1.14. The molecule has 0 radical (unpaired) electrons. The summed E-state index contributed by atoms with van der Waals surface area (Å²) >= 11 is 1.13. The van der Waals surface area contributed by atoms with Crippen LogP contribution in [0.4, 0.5) is 0 Å². The van der Waals surface area contributed by atoms with E-state index >= 15 is 0 Å². The normalized spacial score (nSPS) is 13.6. The molecule has 0 aliphatic carbocycles. The summed E-state index contributed by atoms with van der Waals surface area (Å²) < 4.78 is 25.8. The van der Waals surface area contributed by atoms with Crippen molar-refractivity contribution >= 4 is 27.3 Å². The van der Waals surface area contributed by atoms with E-state index in [1.54, 1.807) is 18.4 Å². The molecule has 1 aromatic rings. The molecule has 0 aliphatic rings. The van der Waals surface area contributed by atoms with Crippen molar-refractivity contribution in [3.63, 3.8) is 0 Å². The Labute approximate surface area is 98.2 Å². The van der Waals surface area contributed by atoms with E-state index in [9.17, 15) is 13.2 Å². The molecular formula is C9H13NO4S2. The largest absolute Gasteiger partial charge is 0.481 e. The number of aliphatic carboxylic acids is 1. The molecule has 16 heavy (non-hydrogen) atoms. The smallest absolute Gasteiger partial charge is 0.306 e. The molecule has 90 valence electrons. The molecule has 1 heterocycles. The van der Waals surface area contributed by atoms with Gasteiger partial charge in [0.1, 0.15) is 4.21 Å². The van der Waals surface area contributed by atoms with Crippen molar-refractivity contribution in [3.05, 3.63) is 17.5 Å². The Morgan fingerprint density at radius 3 is 2.81 bits per heavy atom. The average Bonchev–Trinajstić information content (AvgIpc) is 2.70. The molecule has 0 saturated carbocycles. The Balaban J connectivity index is 2.47. The van der Waals surface area contributed by atoms with Crippen LogP contribution in [-0.2, 0) is 14.8 Å². The Morgan fingerprint density at radius 2 is 2.31 bits per heavy atom. The van der Waals surface area contributed by atoms with E-state index in [4.69, 9.17) is 5.11 Å². The molecular weight excluding hydrogens is 250 g/mol. The number of rotatable bonds is 6. The summed E-state index contributed by atoms with van der Waals surface area (Å²) in [4.78, 5) is 10.5. The molecule has 7 heteroatoms. The van der Waals surface area contributed by atoms with E-state index in [0.717, 1.165) is 11.3 Å². The molecule has 5 nitrogen and oxygen atoms in total. The van der Waals surface area contributed by atoms with E-state index < -0.39 is 21.9 Å². The molecule has 0 aliphatic heterocycles. The highest BCUT2D eigenvalue weighted by atomic mass is 32.2. The van der Waals surface area contributed by atoms with Crippen LogP contribution in [0.1, 0.15) is 13.3 Å². The maximum atomic E-state index is 11.6. The number of carbonyl (C=O) groups is 1. The fourth-order valence-corrected chi connectivity index (χ4v) is 3.11. The molecule has 0 aromatic carbocycles. The highest BCUT2D eigenvalue weighted by molar-refractivity contribution is 7.91. The molecule has 0 saturated heterocycles. The summed E-state index contributed by atoms with van der Waals surface area (Å²) in [5, 5.41) is 10.3. The monoisotopic (exact) mass is 263 g/mol. The van der Waals surface area contributed by atoms with Gasteiger partial charge in [-0.15, -0.1) is 11.3 Å². The topological polar surface area (TPSA) is 83.5 Å². The van der Waals surface area contributed by atoms with E-state index in [2.05, 4.69) is 4.72 Å². The van der Waals surface area contributed by atoms with Crippen LogP contribution < -0.4 is 4.72 Å². The molecule has 1 rings (SSSR count). The zero-order valence-corrected chi connectivity index (χ0v) is 10.3. The van der Waals surface area contributed by atoms with Gasteiger partial charge in [0.25, 0.3) is 0 Å². The third-order valence-corrected chi connectivity index (χ3v) is 4.91. The van der Waals surface area contributed by atoms with Crippen LogP contribution >= 0.6 is 11.3 Å². The van der Waals surface area contributed by atoms with Gasteiger partial charge in [-0.3, -0.25) is 4.79 Å². The standard InChI is InChI=1S/C9H13NO4S2/c1-7(9(11)12)4-5-10-16(13,14)8-3-2-6-15-8/h2-3,6-7,10H,4-5H2,1H3,(H,11,12). The third-order valence-electron chi connectivity index (χ3n) is 2.05. The summed E-state index contributed by atoms with van der Waals surface area (Å²) in [6.07, 6.45) is 0.278. The minimum atomic E-state index is -3.46. The first kappa shape index (κ1) is 13.1. The zero-order chi connectivity index (χ0) is 12.2.